The van der Waals surface area contributed by atoms with Gasteiger partial charge in [0.1, 0.15) is 7.85 Å². The quantitative estimate of drug-likeness (QED) is 0.825. The lowest BCUT2D eigenvalue weighted by atomic mass is 9.88. The van der Waals surface area contributed by atoms with Gasteiger partial charge in [-0.2, -0.15) is 0 Å². The SMILES string of the molecule is [B][C@@H](NC(=O)Cc1cccs1)c1cccc(C(=O)O)c1. The molecule has 0 aliphatic heterocycles. The molecule has 1 aromatic carbocycles. The van der Waals surface area contributed by atoms with Crippen molar-refractivity contribution in [2.75, 3.05) is 0 Å². The van der Waals surface area contributed by atoms with Gasteiger partial charge in [0.15, 0.2) is 0 Å². The largest absolute Gasteiger partial charge is 0.478 e. The molecule has 0 bridgehead atoms. The molecule has 1 amide bonds. The molecule has 100 valence electrons. The molecule has 0 unspecified atom stereocenters. The van der Waals surface area contributed by atoms with E-state index in [4.69, 9.17) is 13.0 Å². The van der Waals surface area contributed by atoms with Crippen LogP contribution >= 0.6 is 11.3 Å². The van der Waals surface area contributed by atoms with Gasteiger partial charge in [0.2, 0.25) is 5.91 Å². The number of benzene rings is 1. The minimum absolute atomic E-state index is 0.144. The Morgan fingerprint density at radius 2 is 2.10 bits per heavy atom. The van der Waals surface area contributed by atoms with Crippen LogP contribution in [0.25, 0.3) is 0 Å². The Bertz CT molecular complexity index is 613. The zero-order chi connectivity index (χ0) is 14.5. The summed E-state index contributed by atoms with van der Waals surface area (Å²) in [5.74, 6) is -1.94. The summed E-state index contributed by atoms with van der Waals surface area (Å²) in [5.41, 5.74) is 0.704. The summed E-state index contributed by atoms with van der Waals surface area (Å²) >= 11 is 1.50. The predicted octanol–water partition coefficient (Wildman–Crippen LogP) is 1.97. The molecule has 2 aromatic rings. The number of carbonyl (C=O) groups excluding carboxylic acids is 1. The van der Waals surface area contributed by atoms with Gasteiger partial charge in [-0.3, -0.25) is 4.79 Å². The van der Waals surface area contributed by atoms with Gasteiger partial charge >= 0.3 is 5.97 Å². The summed E-state index contributed by atoms with van der Waals surface area (Å²) in [6, 6.07) is 9.97. The third-order valence-corrected chi connectivity index (χ3v) is 3.60. The highest BCUT2D eigenvalue weighted by Gasteiger charge is 2.12. The van der Waals surface area contributed by atoms with Crippen LogP contribution in [0.4, 0.5) is 0 Å². The predicted molar refractivity (Wildman–Crippen MR) is 78.1 cm³/mol. The zero-order valence-electron chi connectivity index (χ0n) is 10.6. The zero-order valence-corrected chi connectivity index (χ0v) is 11.4. The Kier molecular flexibility index (Phi) is 4.58. The van der Waals surface area contributed by atoms with Crippen LogP contribution in [0, 0.1) is 0 Å². The minimum atomic E-state index is -1.02. The van der Waals surface area contributed by atoms with E-state index in [0.29, 0.717) is 5.56 Å². The van der Waals surface area contributed by atoms with E-state index in [2.05, 4.69) is 5.32 Å². The number of nitrogens with one attached hydrogen (secondary N) is 1. The summed E-state index contributed by atoms with van der Waals surface area (Å²) in [7, 11) is 5.87. The fourth-order valence-corrected chi connectivity index (χ4v) is 2.45. The number of hydrogen-bond donors (Lipinski definition) is 2. The third-order valence-electron chi connectivity index (χ3n) is 2.72. The number of thiophene rings is 1. The van der Waals surface area contributed by atoms with E-state index in [1.54, 1.807) is 12.1 Å². The summed E-state index contributed by atoms with van der Waals surface area (Å²) in [5, 5.41) is 13.5. The van der Waals surface area contributed by atoms with Gasteiger partial charge in [-0.15, -0.1) is 11.3 Å². The van der Waals surface area contributed by atoms with E-state index in [-0.39, 0.29) is 17.9 Å². The first-order valence-corrected chi connectivity index (χ1v) is 6.85. The van der Waals surface area contributed by atoms with Crippen molar-refractivity contribution in [1.29, 1.82) is 0 Å². The molecular weight excluding hydrogens is 273 g/mol. The highest BCUT2D eigenvalue weighted by Crippen LogP contribution is 2.13. The van der Waals surface area contributed by atoms with Gasteiger partial charge in [-0.05, 0) is 29.1 Å². The molecule has 0 saturated carbocycles. The Hall–Kier alpha value is -2.08. The number of carbonyl (C=O) groups is 2. The molecule has 1 heterocycles. The standard InChI is InChI=1S/C14H12BNO3S/c15-13(9-3-1-4-10(7-9)14(18)19)16-12(17)8-11-5-2-6-20-11/h1-7,13H,8H2,(H,16,17)(H,18,19)/t13-/m0/s1. The van der Waals surface area contributed by atoms with Gasteiger partial charge in [-0.25, -0.2) is 4.79 Å². The van der Waals surface area contributed by atoms with Crippen LogP contribution < -0.4 is 5.32 Å². The highest BCUT2D eigenvalue weighted by molar-refractivity contribution is 7.10. The molecule has 6 heteroatoms. The maximum absolute atomic E-state index is 11.8. The second kappa shape index (κ2) is 6.39. The van der Waals surface area contributed by atoms with Crippen molar-refractivity contribution in [1.82, 2.24) is 5.32 Å². The first-order valence-electron chi connectivity index (χ1n) is 5.97. The van der Waals surface area contributed by atoms with Crippen molar-refractivity contribution < 1.29 is 14.7 Å². The van der Waals surface area contributed by atoms with Crippen LogP contribution in [-0.2, 0) is 11.2 Å². The van der Waals surface area contributed by atoms with E-state index in [1.807, 2.05) is 17.5 Å². The Labute approximate surface area is 121 Å². The minimum Gasteiger partial charge on any atom is -0.478 e. The number of hydrogen-bond acceptors (Lipinski definition) is 3. The Morgan fingerprint density at radius 3 is 2.75 bits per heavy atom. The molecule has 2 radical (unpaired) electrons. The van der Waals surface area contributed by atoms with Crippen molar-refractivity contribution in [3.8, 4) is 0 Å². The van der Waals surface area contributed by atoms with E-state index >= 15 is 0 Å². The van der Waals surface area contributed by atoms with Crippen LogP contribution in [0.1, 0.15) is 26.7 Å². The third kappa shape index (κ3) is 3.71. The molecule has 2 N–H and O–H groups in total. The van der Waals surface area contributed by atoms with Gasteiger partial charge in [0.05, 0.1) is 12.0 Å². The van der Waals surface area contributed by atoms with E-state index in [9.17, 15) is 9.59 Å². The van der Waals surface area contributed by atoms with E-state index in [0.717, 1.165) is 4.88 Å². The van der Waals surface area contributed by atoms with Crippen LogP contribution in [0.3, 0.4) is 0 Å². The molecule has 2 rings (SSSR count). The van der Waals surface area contributed by atoms with Crippen LogP contribution in [-0.4, -0.2) is 24.8 Å². The van der Waals surface area contributed by atoms with Crippen molar-refractivity contribution in [2.45, 2.75) is 12.4 Å². The molecule has 20 heavy (non-hydrogen) atoms. The molecular formula is C14H12BNO3S. The topological polar surface area (TPSA) is 66.4 Å². The summed E-state index contributed by atoms with van der Waals surface area (Å²) in [6.45, 7) is 0. The first-order chi connectivity index (χ1) is 9.56. The van der Waals surface area contributed by atoms with E-state index in [1.165, 1.54) is 23.5 Å². The number of carboxylic acid groups (broad SMARTS) is 1. The Balaban J connectivity index is 2.00. The van der Waals surface area contributed by atoms with Gasteiger partial charge in [0.25, 0.3) is 0 Å². The van der Waals surface area contributed by atoms with Crippen LogP contribution in [0.5, 0.6) is 0 Å². The average molecular weight is 285 g/mol. The molecule has 4 nitrogen and oxygen atoms in total. The van der Waals surface area contributed by atoms with E-state index < -0.39 is 11.9 Å². The molecule has 0 aliphatic carbocycles. The number of amides is 1. The van der Waals surface area contributed by atoms with Crippen molar-refractivity contribution >= 4 is 31.1 Å². The number of rotatable bonds is 5. The molecule has 0 fully saturated rings. The first kappa shape index (κ1) is 14.3. The van der Waals surface area contributed by atoms with Crippen molar-refractivity contribution in [3.63, 3.8) is 0 Å². The summed E-state index contributed by atoms with van der Waals surface area (Å²) in [6.07, 6.45) is 0.268. The maximum Gasteiger partial charge on any atom is 0.335 e. The molecule has 0 aliphatic rings. The summed E-state index contributed by atoms with van der Waals surface area (Å²) in [4.78, 5) is 23.6. The van der Waals surface area contributed by atoms with Gasteiger partial charge in [0, 0.05) is 10.8 Å². The fraction of sp³-hybridized carbons (Fsp3) is 0.143. The Morgan fingerprint density at radius 1 is 1.30 bits per heavy atom. The van der Waals surface area contributed by atoms with Crippen LogP contribution in [0.15, 0.2) is 41.8 Å². The average Bonchev–Trinajstić information content (AvgIpc) is 2.91. The molecule has 1 atom stereocenters. The molecule has 0 spiro atoms. The smallest absolute Gasteiger partial charge is 0.335 e. The number of carboxylic acids is 1. The lowest BCUT2D eigenvalue weighted by molar-refractivity contribution is -0.120. The van der Waals surface area contributed by atoms with Gasteiger partial charge < -0.3 is 10.4 Å². The lowest BCUT2D eigenvalue weighted by Crippen LogP contribution is -2.29. The fourth-order valence-electron chi connectivity index (χ4n) is 1.74. The van der Waals surface area contributed by atoms with Crippen LogP contribution in [0.2, 0.25) is 0 Å². The van der Waals surface area contributed by atoms with Gasteiger partial charge in [-0.1, -0.05) is 18.2 Å². The lowest BCUT2D eigenvalue weighted by Gasteiger charge is -2.15. The normalized spacial score (nSPS) is 11.8. The van der Waals surface area contributed by atoms with Crippen molar-refractivity contribution in [3.05, 3.63) is 57.8 Å². The maximum atomic E-state index is 11.8. The second-order valence-electron chi connectivity index (χ2n) is 4.23. The number of aromatic carboxylic acids is 1. The second-order valence-corrected chi connectivity index (χ2v) is 5.26. The molecule has 0 saturated heterocycles. The van der Waals surface area contributed by atoms with Crippen molar-refractivity contribution in [2.24, 2.45) is 0 Å². The monoisotopic (exact) mass is 285 g/mol. The summed E-state index contributed by atoms with van der Waals surface area (Å²) < 4.78 is 0. The highest BCUT2D eigenvalue weighted by atomic mass is 32.1. The molecule has 1 aromatic heterocycles.